The van der Waals surface area contributed by atoms with Crippen molar-refractivity contribution in [2.75, 3.05) is 13.2 Å². The summed E-state index contributed by atoms with van der Waals surface area (Å²) >= 11 is 0. The minimum absolute atomic E-state index is 0.364. The van der Waals surface area contributed by atoms with E-state index in [4.69, 9.17) is 4.74 Å². The summed E-state index contributed by atoms with van der Waals surface area (Å²) in [7, 11) is 0. The first-order valence-electron chi connectivity index (χ1n) is 4.65. The molecule has 0 aromatic heterocycles. The van der Waals surface area contributed by atoms with Crippen LogP contribution in [0.3, 0.4) is 0 Å². The molecule has 1 fully saturated rings. The molecule has 0 spiro atoms. The van der Waals surface area contributed by atoms with E-state index in [0.717, 1.165) is 13.2 Å². The van der Waals surface area contributed by atoms with Gasteiger partial charge in [-0.05, 0) is 20.8 Å². The Balaban J connectivity index is 2.53. The Morgan fingerprint density at radius 2 is 2.25 bits per heavy atom. The summed E-state index contributed by atoms with van der Waals surface area (Å²) in [5.41, 5.74) is 0. The monoisotopic (exact) mass is 169 g/mol. The molecule has 0 N–H and O–H groups in total. The van der Waals surface area contributed by atoms with Gasteiger partial charge >= 0.3 is 0 Å². The maximum atomic E-state index is 5.54. The maximum absolute atomic E-state index is 5.54. The van der Waals surface area contributed by atoms with Gasteiger partial charge in [0.2, 0.25) is 0 Å². The number of rotatable bonds is 2. The van der Waals surface area contributed by atoms with E-state index >= 15 is 0 Å². The first-order valence-corrected chi connectivity index (χ1v) is 4.65. The molecule has 1 aliphatic rings. The van der Waals surface area contributed by atoms with Crippen molar-refractivity contribution in [1.29, 1.82) is 0 Å². The average molecular weight is 169 g/mol. The first kappa shape index (κ1) is 9.75. The predicted octanol–water partition coefficient (Wildman–Crippen LogP) is 1.67. The van der Waals surface area contributed by atoms with Gasteiger partial charge < -0.3 is 4.74 Å². The maximum Gasteiger partial charge on any atom is 0.0675 e. The lowest BCUT2D eigenvalue weighted by Gasteiger charge is -2.39. The average Bonchev–Trinajstić information content (AvgIpc) is 2.08. The lowest BCUT2D eigenvalue weighted by molar-refractivity contribution is -0.0568. The highest BCUT2D eigenvalue weighted by atomic mass is 16.5. The summed E-state index contributed by atoms with van der Waals surface area (Å²) in [4.78, 5) is 2.43. The van der Waals surface area contributed by atoms with Crippen LogP contribution < -0.4 is 0 Å². The Morgan fingerprint density at radius 1 is 1.58 bits per heavy atom. The van der Waals surface area contributed by atoms with Gasteiger partial charge in [0.05, 0.1) is 12.7 Å². The summed E-state index contributed by atoms with van der Waals surface area (Å²) in [6.45, 7) is 12.2. The van der Waals surface area contributed by atoms with Gasteiger partial charge in [-0.25, -0.2) is 0 Å². The molecule has 0 aromatic rings. The highest BCUT2D eigenvalue weighted by molar-refractivity contribution is 4.89. The molecule has 1 saturated heterocycles. The quantitative estimate of drug-likeness (QED) is 0.583. The topological polar surface area (TPSA) is 12.5 Å². The Bertz CT molecular complexity index is 158. The fourth-order valence-electron chi connectivity index (χ4n) is 1.63. The van der Waals surface area contributed by atoms with E-state index in [1.807, 2.05) is 6.08 Å². The van der Waals surface area contributed by atoms with E-state index in [2.05, 4.69) is 32.3 Å². The number of nitrogens with zero attached hydrogens (tertiary/aromatic N) is 1. The van der Waals surface area contributed by atoms with Crippen molar-refractivity contribution in [2.45, 2.75) is 39.0 Å². The lowest BCUT2D eigenvalue weighted by atomic mass is 10.1. The summed E-state index contributed by atoms with van der Waals surface area (Å²) in [6.07, 6.45) is 2.36. The van der Waals surface area contributed by atoms with Gasteiger partial charge in [-0.2, -0.15) is 0 Å². The molecule has 1 aliphatic heterocycles. The second kappa shape index (κ2) is 4.06. The number of hydrogen-bond donors (Lipinski definition) is 0. The van der Waals surface area contributed by atoms with Gasteiger partial charge in [0, 0.05) is 18.6 Å². The van der Waals surface area contributed by atoms with Crippen molar-refractivity contribution < 1.29 is 4.74 Å². The largest absolute Gasteiger partial charge is 0.376 e. The molecule has 0 aliphatic carbocycles. The van der Waals surface area contributed by atoms with Crippen molar-refractivity contribution >= 4 is 0 Å². The Labute approximate surface area is 75.2 Å². The zero-order chi connectivity index (χ0) is 9.14. The van der Waals surface area contributed by atoms with Crippen molar-refractivity contribution in [1.82, 2.24) is 4.90 Å². The molecular formula is C10H19NO. The number of hydrogen-bond acceptors (Lipinski definition) is 2. The Hall–Kier alpha value is -0.340. The molecule has 0 saturated carbocycles. The van der Waals surface area contributed by atoms with Gasteiger partial charge in [0.25, 0.3) is 0 Å². The normalized spacial score (nSPS) is 34.6. The van der Waals surface area contributed by atoms with Crippen LogP contribution in [0, 0.1) is 0 Å². The minimum atomic E-state index is 0.364. The Kier molecular flexibility index (Phi) is 3.29. The molecule has 2 heteroatoms. The predicted molar refractivity (Wildman–Crippen MR) is 51.2 cm³/mol. The van der Waals surface area contributed by atoms with Crippen LogP contribution in [0.1, 0.15) is 20.8 Å². The molecule has 12 heavy (non-hydrogen) atoms. The van der Waals surface area contributed by atoms with Crippen LogP contribution in [0.25, 0.3) is 0 Å². The molecular weight excluding hydrogens is 150 g/mol. The van der Waals surface area contributed by atoms with Crippen molar-refractivity contribution in [3.63, 3.8) is 0 Å². The number of morpholine rings is 1. The molecule has 3 atom stereocenters. The molecule has 0 aromatic carbocycles. The summed E-state index contributed by atoms with van der Waals surface area (Å²) in [5.74, 6) is 0. The standard InChI is InChI=1S/C10H19NO/c1-5-8(2)11-6-10(4)12-7-9(11)3/h5,8-10H,1,6-7H2,2-4H3. The third-order valence-corrected chi connectivity index (χ3v) is 2.52. The Morgan fingerprint density at radius 3 is 2.83 bits per heavy atom. The first-order chi connectivity index (χ1) is 5.65. The van der Waals surface area contributed by atoms with Gasteiger partial charge in [0.1, 0.15) is 0 Å². The van der Waals surface area contributed by atoms with E-state index in [9.17, 15) is 0 Å². The zero-order valence-corrected chi connectivity index (χ0v) is 8.29. The van der Waals surface area contributed by atoms with Crippen molar-refractivity contribution in [2.24, 2.45) is 0 Å². The van der Waals surface area contributed by atoms with Crippen LogP contribution in [-0.2, 0) is 4.74 Å². The highest BCUT2D eigenvalue weighted by Gasteiger charge is 2.25. The molecule has 1 heterocycles. The molecule has 70 valence electrons. The van der Waals surface area contributed by atoms with Crippen LogP contribution in [0.4, 0.5) is 0 Å². The van der Waals surface area contributed by atoms with E-state index in [1.54, 1.807) is 0 Å². The summed E-state index contributed by atoms with van der Waals surface area (Å²) in [5, 5.41) is 0. The van der Waals surface area contributed by atoms with Crippen LogP contribution in [0.2, 0.25) is 0 Å². The van der Waals surface area contributed by atoms with E-state index in [0.29, 0.717) is 18.2 Å². The van der Waals surface area contributed by atoms with E-state index < -0.39 is 0 Å². The van der Waals surface area contributed by atoms with Gasteiger partial charge in [-0.15, -0.1) is 6.58 Å². The van der Waals surface area contributed by atoms with Gasteiger partial charge in [-0.1, -0.05) is 6.08 Å². The fourth-order valence-corrected chi connectivity index (χ4v) is 1.63. The smallest absolute Gasteiger partial charge is 0.0675 e. The van der Waals surface area contributed by atoms with Crippen LogP contribution in [0.15, 0.2) is 12.7 Å². The molecule has 2 nitrogen and oxygen atoms in total. The van der Waals surface area contributed by atoms with Crippen LogP contribution >= 0.6 is 0 Å². The van der Waals surface area contributed by atoms with Gasteiger partial charge in [0.15, 0.2) is 0 Å². The second-order valence-corrected chi connectivity index (χ2v) is 3.67. The molecule has 3 unspecified atom stereocenters. The third kappa shape index (κ3) is 2.08. The summed E-state index contributed by atoms with van der Waals surface area (Å²) < 4.78 is 5.54. The highest BCUT2D eigenvalue weighted by Crippen LogP contribution is 2.14. The molecule has 1 rings (SSSR count). The zero-order valence-electron chi connectivity index (χ0n) is 8.29. The van der Waals surface area contributed by atoms with Crippen molar-refractivity contribution in [3.8, 4) is 0 Å². The van der Waals surface area contributed by atoms with Crippen LogP contribution in [-0.4, -0.2) is 36.2 Å². The molecule has 0 bridgehead atoms. The van der Waals surface area contributed by atoms with Gasteiger partial charge in [-0.3, -0.25) is 4.90 Å². The number of ether oxygens (including phenoxy) is 1. The third-order valence-electron chi connectivity index (χ3n) is 2.52. The van der Waals surface area contributed by atoms with Crippen molar-refractivity contribution in [3.05, 3.63) is 12.7 Å². The minimum Gasteiger partial charge on any atom is -0.376 e. The van der Waals surface area contributed by atoms with Crippen LogP contribution in [0.5, 0.6) is 0 Å². The lowest BCUT2D eigenvalue weighted by Crippen LogP contribution is -2.50. The SMILES string of the molecule is C=CC(C)N1CC(C)OCC1C. The van der Waals surface area contributed by atoms with E-state index in [1.165, 1.54) is 0 Å². The second-order valence-electron chi connectivity index (χ2n) is 3.67. The molecule has 0 radical (unpaired) electrons. The fraction of sp³-hybridized carbons (Fsp3) is 0.800. The molecule has 0 amide bonds. The van der Waals surface area contributed by atoms with E-state index in [-0.39, 0.29) is 0 Å². The summed E-state index contributed by atoms with van der Waals surface area (Å²) in [6, 6.07) is 0.987.